The number of benzene rings is 2. The highest BCUT2D eigenvalue weighted by Crippen LogP contribution is 2.35. The Kier molecular flexibility index (Phi) is 11.6. The number of oxime groups is 1. The normalized spacial score (nSPS) is 16.5. The molecule has 0 saturated carbocycles. The maximum absolute atomic E-state index is 8.75. The second-order valence-electron chi connectivity index (χ2n) is 10.4. The van der Waals surface area contributed by atoms with E-state index in [1.165, 1.54) is 29.5 Å². The molecule has 0 aliphatic carbocycles. The number of hydrogen-bond donors (Lipinski definition) is 2. The van der Waals surface area contributed by atoms with E-state index >= 15 is 0 Å². The number of aromatic nitrogens is 1. The molecular formula is C31H41N5O4S2. The van der Waals surface area contributed by atoms with Gasteiger partial charge in [0.2, 0.25) is 0 Å². The van der Waals surface area contributed by atoms with Crippen LogP contribution in [0.3, 0.4) is 0 Å². The van der Waals surface area contributed by atoms with E-state index in [1.807, 2.05) is 23.5 Å². The molecule has 11 heteroatoms. The van der Waals surface area contributed by atoms with Gasteiger partial charge >= 0.3 is 0 Å². The fraction of sp³-hybridized carbons (Fsp3) is 0.484. The molecule has 0 bridgehead atoms. The third kappa shape index (κ3) is 8.76. The van der Waals surface area contributed by atoms with E-state index in [1.54, 1.807) is 12.1 Å². The molecule has 226 valence electrons. The molecule has 42 heavy (non-hydrogen) atoms. The van der Waals surface area contributed by atoms with Gasteiger partial charge in [-0.05, 0) is 74.2 Å². The van der Waals surface area contributed by atoms with E-state index in [0.29, 0.717) is 18.8 Å². The van der Waals surface area contributed by atoms with Gasteiger partial charge in [0.15, 0.2) is 11.0 Å². The van der Waals surface area contributed by atoms with Gasteiger partial charge in [-0.1, -0.05) is 5.16 Å². The zero-order chi connectivity index (χ0) is 29.0. The molecule has 0 spiro atoms. The highest BCUT2D eigenvalue weighted by atomic mass is 32.2. The SMILES string of the molecule is NC(=NO)c1ccc(OCCCCCOc2ccc(-c3nc(N4CCOCC4)sc3CCN3CCSCC3)cc2)cc1. The summed E-state index contributed by atoms with van der Waals surface area (Å²) < 4.78 is 17.4. The van der Waals surface area contributed by atoms with Crippen LogP contribution in [0, 0.1) is 0 Å². The van der Waals surface area contributed by atoms with Crippen LogP contribution >= 0.6 is 23.1 Å². The van der Waals surface area contributed by atoms with Crippen LogP contribution in [0.1, 0.15) is 29.7 Å². The van der Waals surface area contributed by atoms with Crippen molar-refractivity contribution in [3.63, 3.8) is 0 Å². The molecule has 1 aromatic heterocycles. The Bertz CT molecular complexity index is 1260. The van der Waals surface area contributed by atoms with Crippen LogP contribution in [-0.2, 0) is 11.2 Å². The molecule has 0 atom stereocenters. The van der Waals surface area contributed by atoms with E-state index in [9.17, 15) is 0 Å². The summed E-state index contributed by atoms with van der Waals surface area (Å²) in [5.41, 5.74) is 8.51. The van der Waals surface area contributed by atoms with Gasteiger partial charge in [-0.25, -0.2) is 4.98 Å². The topological polar surface area (TPSA) is 106 Å². The third-order valence-electron chi connectivity index (χ3n) is 7.44. The lowest BCUT2D eigenvalue weighted by atomic mass is 10.1. The maximum atomic E-state index is 8.75. The summed E-state index contributed by atoms with van der Waals surface area (Å²) in [6, 6.07) is 15.6. The van der Waals surface area contributed by atoms with Gasteiger partial charge in [0.1, 0.15) is 11.5 Å². The molecule has 3 heterocycles. The molecule has 0 unspecified atom stereocenters. The van der Waals surface area contributed by atoms with Gasteiger partial charge in [0.05, 0.1) is 32.1 Å². The Hall–Kier alpha value is -2.99. The number of thiazole rings is 1. The van der Waals surface area contributed by atoms with Crippen molar-refractivity contribution < 1.29 is 19.4 Å². The average molecular weight is 612 g/mol. The fourth-order valence-electron chi connectivity index (χ4n) is 4.96. The number of morpholine rings is 1. The minimum atomic E-state index is 0.0876. The van der Waals surface area contributed by atoms with Crippen LogP contribution in [0.4, 0.5) is 5.13 Å². The van der Waals surface area contributed by atoms with Crippen molar-refractivity contribution in [1.29, 1.82) is 0 Å². The largest absolute Gasteiger partial charge is 0.494 e. The Morgan fingerprint density at radius 1 is 0.905 bits per heavy atom. The van der Waals surface area contributed by atoms with Crippen molar-refractivity contribution in [2.45, 2.75) is 25.7 Å². The molecule has 2 aliphatic heterocycles. The van der Waals surface area contributed by atoms with E-state index in [0.717, 1.165) is 86.4 Å². The summed E-state index contributed by atoms with van der Waals surface area (Å²) in [5.74, 6) is 4.21. The van der Waals surface area contributed by atoms with Crippen LogP contribution in [0.5, 0.6) is 11.5 Å². The second kappa shape index (κ2) is 16.0. The van der Waals surface area contributed by atoms with E-state index in [2.05, 4.69) is 51.0 Å². The summed E-state index contributed by atoms with van der Waals surface area (Å²) in [4.78, 5) is 11.4. The number of ether oxygens (including phenoxy) is 3. The Morgan fingerprint density at radius 3 is 2.19 bits per heavy atom. The van der Waals surface area contributed by atoms with Crippen molar-refractivity contribution >= 4 is 34.1 Å². The van der Waals surface area contributed by atoms with Crippen LogP contribution in [-0.4, -0.2) is 91.6 Å². The molecule has 0 amide bonds. The molecular weight excluding hydrogens is 571 g/mol. The molecule has 3 aromatic rings. The quantitative estimate of drug-likeness (QED) is 0.0860. The number of nitrogens with zero attached hydrogens (tertiary/aromatic N) is 4. The first kappa shape index (κ1) is 30.5. The third-order valence-corrected chi connectivity index (χ3v) is 9.56. The van der Waals surface area contributed by atoms with Crippen LogP contribution in [0.15, 0.2) is 53.7 Å². The van der Waals surface area contributed by atoms with Gasteiger partial charge in [0, 0.05) is 60.2 Å². The predicted molar refractivity (Wildman–Crippen MR) is 172 cm³/mol. The van der Waals surface area contributed by atoms with Crippen molar-refractivity contribution in [1.82, 2.24) is 9.88 Å². The molecule has 2 saturated heterocycles. The molecule has 2 aliphatic rings. The van der Waals surface area contributed by atoms with E-state index in [4.69, 9.17) is 30.1 Å². The maximum Gasteiger partial charge on any atom is 0.186 e. The van der Waals surface area contributed by atoms with Gasteiger partial charge in [-0.3, -0.25) is 0 Å². The Labute approximate surface area is 256 Å². The highest BCUT2D eigenvalue weighted by Gasteiger charge is 2.20. The average Bonchev–Trinajstić information content (AvgIpc) is 3.49. The van der Waals surface area contributed by atoms with Crippen LogP contribution in [0.2, 0.25) is 0 Å². The number of amidine groups is 1. The number of unbranched alkanes of at least 4 members (excludes halogenated alkanes) is 2. The molecule has 5 rings (SSSR count). The van der Waals surface area contributed by atoms with Crippen molar-refractivity contribution in [3.05, 3.63) is 59.0 Å². The lowest BCUT2D eigenvalue weighted by Gasteiger charge is -2.26. The first-order chi connectivity index (χ1) is 20.7. The van der Waals surface area contributed by atoms with Crippen molar-refractivity contribution in [3.8, 4) is 22.8 Å². The predicted octanol–water partition coefficient (Wildman–Crippen LogP) is 4.96. The number of thioether (sulfide) groups is 1. The lowest BCUT2D eigenvalue weighted by molar-refractivity contribution is 0.122. The van der Waals surface area contributed by atoms with E-state index < -0.39 is 0 Å². The highest BCUT2D eigenvalue weighted by molar-refractivity contribution is 7.99. The molecule has 0 radical (unpaired) electrons. The zero-order valence-corrected chi connectivity index (χ0v) is 25.7. The molecule has 9 nitrogen and oxygen atoms in total. The summed E-state index contributed by atoms with van der Waals surface area (Å²) in [6.45, 7) is 8.09. The van der Waals surface area contributed by atoms with Crippen LogP contribution in [0.25, 0.3) is 11.3 Å². The Morgan fingerprint density at radius 2 is 1.55 bits per heavy atom. The number of hydrogen-bond acceptors (Lipinski definition) is 10. The second-order valence-corrected chi connectivity index (χ2v) is 12.7. The summed E-state index contributed by atoms with van der Waals surface area (Å²) in [6.07, 6.45) is 3.95. The standard InChI is InChI=1S/C31H41N5O4S2/c32-30(34-37)25-6-10-27(11-7-25)40-19-3-1-2-18-39-26-8-4-24(5-9-26)29-28(12-13-35-16-22-41-23-17-35)42-31(33-29)36-14-20-38-21-15-36/h4-11,37H,1-3,12-23H2,(H2,32,34). The molecule has 2 aromatic carbocycles. The van der Waals surface area contributed by atoms with Crippen molar-refractivity contribution in [2.24, 2.45) is 10.9 Å². The minimum Gasteiger partial charge on any atom is -0.494 e. The zero-order valence-electron chi connectivity index (χ0n) is 24.1. The summed E-state index contributed by atoms with van der Waals surface area (Å²) in [5, 5.41) is 12.9. The number of anilines is 1. The van der Waals surface area contributed by atoms with Gasteiger partial charge in [0.25, 0.3) is 0 Å². The smallest absolute Gasteiger partial charge is 0.186 e. The number of nitrogens with two attached hydrogens (primary N) is 1. The summed E-state index contributed by atoms with van der Waals surface area (Å²) >= 11 is 3.90. The van der Waals surface area contributed by atoms with Crippen molar-refractivity contribution in [2.75, 3.05) is 75.6 Å². The minimum absolute atomic E-state index is 0.0876. The summed E-state index contributed by atoms with van der Waals surface area (Å²) in [7, 11) is 0. The monoisotopic (exact) mass is 611 g/mol. The Balaban J connectivity index is 1.08. The van der Waals surface area contributed by atoms with Gasteiger partial charge < -0.3 is 35.0 Å². The fourth-order valence-corrected chi connectivity index (χ4v) is 7.06. The first-order valence-corrected chi connectivity index (χ1v) is 16.7. The lowest BCUT2D eigenvalue weighted by Crippen LogP contribution is -2.36. The molecule has 2 fully saturated rings. The van der Waals surface area contributed by atoms with Gasteiger partial charge in [-0.2, -0.15) is 11.8 Å². The van der Waals surface area contributed by atoms with Gasteiger partial charge in [-0.15, -0.1) is 11.3 Å². The first-order valence-electron chi connectivity index (χ1n) is 14.8. The van der Waals surface area contributed by atoms with E-state index in [-0.39, 0.29) is 5.84 Å². The molecule has 3 N–H and O–H groups in total. The van der Waals surface area contributed by atoms with Crippen LogP contribution < -0.4 is 20.1 Å². The number of rotatable bonds is 14.